The van der Waals surface area contributed by atoms with Crippen LogP contribution in [0.3, 0.4) is 0 Å². The van der Waals surface area contributed by atoms with E-state index in [1.165, 1.54) is 6.07 Å². The van der Waals surface area contributed by atoms with Gasteiger partial charge in [0.05, 0.1) is 5.52 Å². The molecule has 0 saturated heterocycles. The molecular formula is C20H19NO3. The topological polar surface area (TPSA) is 59.2 Å². The van der Waals surface area contributed by atoms with E-state index in [0.717, 1.165) is 17.4 Å². The molecule has 122 valence electrons. The van der Waals surface area contributed by atoms with E-state index in [0.29, 0.717) is 29.9 Å². The van der Waals surface area contributed by atoms with Gasteiger partial charge in [-0.05, 0) is 30.2 Å². The fraction of sp³-hybridized carbons (Fsp3) is 0.200. The van der Waals surface area contributed by atoms with Gasteiger partial charge < -0.3 is 9.72 Å². The number of hydrogen-bond donors (Lipinski definition) is 1. The van der Waals surface area contributed by atoms with Crippen molar-refractivity contribution in [1.82, 2.24) is 4.98 Å². The number of hydrogen-bond acceptors (Lipinski definition) is 3. The summed E-state index contributed by atoms with van der Waals surface area (Å²) < 4.78 is 5.87. The monoisotopic (exact) mass is 321 g/mol. The van der Waals surface area contributed by atoms with Crippen molar-refractivity contribution in [1.29, 1.82) is 0 Å². The number of rotatable bonds is 6. The second-order valence-electron chi connectivity index (χ2n) is 5.67. The number of carbonyl (C=O) groups excluding carboxylic acids is 1. The van der Waals surface area contributed by atoms with Gasteiger partial charge in [0.15, 0.2) is 5.78 Å². The molecule has 3 aromatic rings. The maximum atomic E-state index is 12.3. The van der Waals surface area contributed by atoms with Crippen LogP contribution < -0.4 is 10.3 Å². The number of nitrogens with one attached hydrogen (secondary N) is 1. The van der Waals surface area contributed by atoms with Crippen LogP contribution in [0, 0.1) is 0 Å². The number of pyridine rings is 1. The Morgan fingerprint density at radius 1 is 1.04 bits per heavy atom. The summed E-state index contributed by atoms with van der Waals surface area (Å²) in [4.78, 5) is 26.8. The summed E-state index contributed by atoms with van der Waals surface area (Å²) in [6.07, 6.45) is 1.27. The highest BCUT2D eigenvalue weighted by atomic mass is 16.5. The summed E-state index contributed by atoms with van der Waals surface area (Å²) in [5.41, 5.74) is 2.01. The minimum absolute atomic E-state index is 0.0733. The van der Waals surface area contributed by atoms with Gasteiger partial charge in [-0.1, -0.05) is 37.3 Å². The molecule has 0 fully saturated rings. The molecule has 0 atom stereocenters. The Balaban J connectivity index is 1.99. The van der Waals surface area contributed by atoms with Gasteiger partial charge >= 0.3 is 0 Å². The van der Waals surface area contributed by atoms with E-state index in [2.05, 4.69) is 4.98 Å². The molecular weight excluding hydrogens is 302 g/mol. The standard InChI is InChI=1S/C20H19NO3/c1-2-6-17(22)15-9-11-18(20-16(15)10-12-19(23)21-20)24-13-14-7-4-3-5-8-14/h3-5,7-12H,2,6,13H2,1H3,(H,21,23). The Morgan fingerprint density at radius 2 is 1.83 bits per heavy atom. The Labute approximate surface area is 140 Å². The van der Waals surface area contributed by atoms with Crippen molar-refractivity contribution in [2.45, 2.75) is 26.4 Å². The van der Waals surface area contributed by atoms with Crippen molar-refractivity contribution < 1.29 is 9.53 Å². The molecule has 1 aromatic heterocycles. The predicted molar refractivity (Wildman–Crippen MR) is 94.6 cm³/mol. The average molecular weight is 321 g/mol. The number of aromatic nitrogens is 1. The van der Waals surface area contributed by atoms with Crippen LogP contribution in [0.25, 0.3) is 10.9 Å². The van der Waals surface area contributed by atoms with Crippen molar-refractivity contribution in [2.75, 3.05) is 0 Å². The van der Waals surface area contributed by atoms with Crippen LogP contribution in [0.5, 0.6) is 5.75 Å². The van der Waals surface area contributed by atoms with Crippen LogP contribution in [-0.2, 0) is 6.61 Å². The van der Waals surface area contributed by atoms with E-state index in [4.69, 9.17) is 4.74 Å². The lowest BCUT2D eigenvalue weighted by molar-refractivity contribution is 0.0983. The fourth-order valence-corrected chi connectivity index (χ4v) is 2.69. The van der Waals surface area contributed by atoms with Gasteiger partial charge in [-0.2, -0.15) is 0 Å². The zero-order valence-electron chi connectivity index (χ0n) is 13.5. The lowest BCUT2D eigenvalue weighted by Crippen LogP contribution is -2.08. The quantitative estimate of drug-likeness (QED) is 0.696. The van der Waals surface area contributed by atoms with Gasteiger partial charge in [0, 0.05) is 23.4 Å². The number of Topliss-reactive ketones (excluding diaryl/α,β-unsaturated/α-hetero) is 1. The Kier molecular flexibility index (Phi) is 4.75. The largest absolute Gasteiger partial charge is 0.487 e. The normalized spacial score (nSPS) is 10.7. The minimum Gasteiger partial charge on any atom is -0.487 e. The number of ketones is 1. The molecule has 0 aliphatic rings. The first-order valence-corrected chi connectivity index (χ1v) is 8.05. The van der Waals surface area contributed by atoms with Crippen molar-refractivity contribution >= 4 is 16.7 Å². The lowest BCUT2D eigenvalue weighted by atomic mass is 10.0. The van der Waals surface area contributed by atoms with Crippen molar-refractivity contribution in [2.24, 2.45) is 0 Å². The first-order chi connectivity index (χ1) is 11.7. The number of carbonyl (C=O) groups is 1. The molecule has 0 aliphatic heterocycles. The third kappa shape index (κ3) is 3.38. The van der Waals surface area contributed by atoms with Crippen LogP contribution in [0.4, 0.5) is 0 Å². The highest BCUT2D eigenvalue weighted by molar-refractivity contribution is 6.08. The highest BCUT2D eigenvalue weighted by Crippen LogP contribution is 2.27. The van der Waals surface area contributed by atoms with Crippen molar-refractivity contribution in [3.8, 4) is 5.75 Å². The highest BCUT2D eigenvalue weighted by Gasteiger charge is 2.13. The third-order valence-electron chi connectivity index (χ3n) is 3.87. The first-order valence-electron chi connectivity index (χ1n) is 8.05. The maximum Gasteiger partial charge on any atom is 0.248 e. The Hall–Kier alpha value is -2.88. The van der Waals surface area contributed by atoms with Gasteiger partial charge in [0.1, 0.15) is 12.4 Å². The number of ether oxygens (including phenoxy) is 1. The molecule has 0 bridgehead atoms. The molecule has 24 heavy (non-hydrogen) atoms. The van der Waals surface area contributed by atoms with Gasteiger partial charge in [-0.3, -0.25) is 9.59 Å². The minimum atomic E-state index is -0.216. The molecule has 0 spiro atoms. The van der Waals surface area contributed by atoms with E-state index in [9.17, 15) is 9.59 Å². The summed E-state index contributed by atoms with van der Waals surface area (Å²) in [6, 6.07) is 16.5. The summed E-state index contributed by atoms with van der Waals surface area (Å²) in [5.74, 6) is 0.642. The van der Waals surface area contributed by atoms with Gasteiger partial charge in [0.2, 0.25) is 5.56 Å². The average Bonchev–Trinajstić information content (AvgIpc) is 2.60. The van der Waals surface area contributed by atoms with Crippen LogP contribution in [0.2, 0.25) is 0 Å². The van der Waals surface area contributed by atoms with E-state index in [1.54, 1.807) is 18.2 Å². The van der Waals surface area contributed by atoms with E-state index < -0.39 is 0 Å². The van der Waals surface area contributed by atoms with Crippen LogP contribution in [0.1, 0.15) is 35.7 Å². The van der Waals surface area contributed by atoms with Crippen LogP contribution in [-0.4, -0.2) is 10.8 Å². The van der Waals surface area contributed by atoms with Gasteiger partial charge in [-0.25, -0.2) is 0 Å². The zero-order valence-corrected chi connectivity index (χ0v) is 13.5. The summed E-state index contributed by atoms with van der Waals surface area (Å²) in [7, 11) is 0. The second kappa shape index (κ2) is 7.13. The maximum absolute atomic E-state index is 12.3. The van der Waals surface area contributed by atoms with E-state index in [1.807, 2.05) is 37.3 Å². The number of fused-ring (bicyclic) bond motifs is 1. The molecule has 2 aromatic carbocycles. The molecule has 0 saturated carbocycles. The molecule has 0 unspecified atom stereocenters. The zero-order chi connectivity index (χ0) is 16.9. The summed E-state index contributed by atoms with van der Waals surface area (Å²) in [5, 5.41) is 0.721. The molecule has 1 heterocycles. The number of aromatic amines is 1. The smallest absolute Gasteiger partial charge is 0.248 e. The molecule has 0 amide bonds. The van der Waals surface area contributed by atoms with Crippen molar-refractivity contribution in [3.05, 3.63) is 76.1 Å². The second-order valence-corrected chi connectivity index (χ2v) is 5.67. The van der Waals surface area contributed by atoms with Gasteiger partial charge in [0.25, 0.3) is 0 Å². The summed E-state index contributed by atoms with van der Waals surface area (Å²) >= 11 is 0. The SMILES string of the molecule is CCCC(=O)c1ccc(OCc2ccccc2)c2[nH]c(=O)ccc12. The van der Waals surface area contributed by atoms with Gasteiger partial charge in [-0.15, -0.1) is 0 Å². The van der Waals surface area contributed by atoms with Crippen LogP contribution >= 0.6 is 0 Å². The third-order valence-corrected chi connectivity index (χ3v) is 3.87. The predicted octanol–water partition coefficient (Wildman–Crippen LogP) is 4.09. The van der Waals surface area contributed by atoms with Crippen LogP contribution in [0.15, 0.2) is 59.4 Å². The van der Waals surface area contributed by atoms with E-state index >= 15 is 0 Å². The van der Waals surface area contributed by atoms with E-state index in [-0.39, 0.29) is 11.3 Å². The molecule has 4 nitrogen and oxygen atoms in total. The molecule has 3 rings (SSSR count). The lowest BCUT2D eigenvalue weighted by Gasteiger charge is -2.12. The Morgan fingerprint density at radius 3 is 2.58 bits per heavy atom. The Bertz CT molecular complexity index is 913. The molecule has 0 radical (unpaired) electrons. The molecule has 0 aliphatic carbocycles. The first kappa shape index (κ1) is 16.0. The molecule has 4 heteroatoms. The number of H-pyrrole nitrogens is 1. The fourth-order valence-electron chi connectivity index (χ4n) is 2.69. The molecule has 1 N–H and O–H groups in total. The van der Waals surface area contributed by atoms with Crippen molar-refractivity contribution in [3.63, 3.8) is 0 Å². The summed E-state index contributed by atoms with van der Waals surface area (Å²) in [6.45, 7) is 2.37. The number of benzene rings is 2.